The number of benzene rings is 1. The lowest BCUT2D eigenvalue weighted by molar-refractivity contribution is 0.0828. The van der Waals surface area contributed by atoms with E-state index in [-0.39, 0.29) is 5.91 Å². The van der Waals surface area contributed by atoms with Crippen LogP contribution >= 0.6 is 0 Å². The normalized spacial score (nSPS) is 10.0. The van der Waals surface area contributed by atoms with Crippen molar-refractivity contribution in [1.29, 1.82) is 0 Å². The molecule has 1 heterocycles. The average Bonchev–Trinajstić information content (AvgIpc) is 2.45. The molecule has 0 spiro atoms. The van der Waals surface area contributed by atoms with Crippen molar-refractivity contribution in [3.05, 3.63) is 54.1 Å². The van der Waals surface area contributed by atoms with Crippen LogP contribution in [0.15, 0.2) is 42.9 Å². The van der Waals surface area contributed by atoms with Crippen LogP contribution in [0.2, 0.25) is 0 Å². The molecule has 0 fully saturated rings. The van der Waals surface area contributed by atoms with E-state index in [1.165, 1.54) is 6.33 Å². The number of rotatable bonds is 4. The van der Waals surface area contributed by atoms with Gasteiger partial charge in [0, 0.05) is 26.0 Å². The predicted molar refractivity (Wildman–Crippen MR) is 73.8 cm³/mol. The molecule has 98 valence electrons. The highest BCUT2D eigenvalue weighted by Crippen LogP contribution is 2.17. The van der Waals surface area contributed by atoms with Crippen molar-refractivity contribution in [3.8, 4) is 0 Å². The summed E-state index contributed by atoms with van der Waals surface area (Å²) in [5.41, 5.74) is 2.34. The quantitative estimate of drug-likeness (QED) is 0.906. The van der Waals surface area contributed by atoms with Gasteiger partial charge in [-0.05, 0) is 18.2 Å². The van der Waals surface area contributed by atoms with Crippen molar-refractivity contribution >= 4 is 11.6 Å². The molecule has 1 N–H and O–H groups in total. The van der Waals surface area contributed by atoms with Gasteiger partial charge in [0.15, 0.2) is 0 Å². The van der Waals surface area contributed by atoms with Gasteiger partial charge in [-0.2, -0.15) is 0 Å². The number of carbonyl (C=O) groups is 1. The highest BCUT2D eigenvalue weighted by atomic mass is 16.2. The zero-order chi connectivity index (χ0) is 13.7. The van der Waals surface area contributed by atoms with Crippen LogP contribution < -0.4 is 5.32 Å². The maximum absolute atomic E-state index is 12.0. The lowest BCUT2D eigenvalue weighted by atomic mass is 10.1. The second-order valence-corrected chi connectivity index (χ2v) is 4.30. The van der Waals surface area contributed by atoms with E-state index in [0.29, 0.717) is 12.1 Å². The molecule has 1 amide bonds. The molecule has 0 bridgehead atoms. The topological polar surface area (TPSA) is 58.1 Å². The summed E-state index contributed by atoms with van der Waals surface area (Å²) < 4.78 is 0. The molecule has 0 unspecified atom stereocenters. The summed E-state index contributed by atoms with van der Waals surface area (Å²) in [6, 6.07) is 9.29. The molecule has 2 aromatic rings. The van der Waals surface area contributed by atoms with Gasteiger partial charge in [-0.3, -0.25) is 4.79 Å². The molecule has 2 rings (SSSR count). The van der Waals surface area contributed by atoms with E-state index in [1.807, 2.05) is 30.3 Å². The third-order valence-corrected chi connectivity index (χ3v) is 2.67. The Labute approximate surface area is 112 Å². The van der Waals surface area contributed by atoms with Gasteiger partial charge in [0.05, 0.1) is 17.8 Å². The standard InChI is InChI=1S/C14H16N4O/c1-18(2)14(19)12-5-3-4-6-13(12)16-9-11-7-8-15-10-17-11/h3-8,10,16H,9H2,1-2H3. The van der Waals surface area contributed by atoms with Crippen LogP contribution in [0.3, 0.4) is 0 Å². The van der Waals surface area contributed by atoms with E-state index in [2.05, 4.69) is 15.3 Å². The molecule has 5 nitrogen and oxygen atoms in total. The fourth-order valence-electron chi connectivity index (χ4n) is 1.67. The molecule has 19 heavy (non-hydrogen) atoms. The van der Waals surface area contributed by atoms with Crippen molar-refractivity contribution in [2.75, 3.05) is 19.4 Å². The van der Waals surface area contributed by atoms with Crippen LogP contribution in [0, 0.1) is 0 Å². The van der Waals surface area contributed by atoms with Crippen molar-refractivity contribution in [2.24, 2.45) is 0 Å². The molecule has 0 aliphatic heterocycles. The van der Waals surface area contributed by atoms with Crippen LogP contribution in [0.5, 0.6) is 0 Å². The van der Waals surface area contributed by atoms with Crippen LogP contribution in [0.1, 0.15) is 16.1 Å². The van der Waals surface area contributed by atoms with Gasteiger partial charge in [0.25, 0.3) is 5.91 Å². The first-order valence-electron chi connectivity index (χ1n) is 5.98. The fraction of sp³-hybridized carbons (Fsp3) is 0.214. The molecule has 0 radical (unpaired) electrons. The molecule has 0 atom stereocenters. The summed E-state index contributed by atoms with van der Waals surface area (Å²) in [6.07, 6.45) is 3.20. The van der Waals surface area contributed by atoms with E-state index in [4.69, 9.17) is 0 Å². The molecule has 0 saturated heterocycles. The first kappa shape index (κ1) is 13.0. The van der Waals surface area contributed by atoms with Crippen LogP contribution in [-0.2, 0) is 6.54 Å². The van der Waals surface area contributed by atoms with E-state index in [1.54, 1.807) is 25.2 Å². The summed E-state index contributed by atoms with van der Waals surface area (Å²) in [5, 5.41) is 3.23. The zero-order valence-corrected chi connectivity index (χ0v) is 11.0. The minimum atomic E-state index is -0.0224. The summed E-state index contributed by atoms with van der Waals surface area (Å²) in [4.78, 5) is 21.6. The fourth-order valence-corrected chi connectivity index (χ4v) is 1.67. The predicted octanol–water partition coefficient (Wildman–Crippen LogP) is 1.79. The lowest BCUT2D eigenvalue weighted by Gasteiger charge is -2.15. The van der Waals surface area contributed by atoms with Gasteiger partial charge in [0.2, 0.25) is 0 Å². The number of anilines is 1. The number of nitrogens with zero attached hydrogens (tertiary/aromatic N) is 3. The number of aromatic nitrogens is 2. The zero-order valence-electron chi connectivity index (χ0n) is 11.0. The van der Waals surface area contributed by atoms with Crippen molar-refractivity contribution < 1.29 is 4.79 Å². The number of para-hydroxylation sites is 1. The Bertz CT molecular complexity index is 554. The van der Waals surface area contributed by atoms with Crippen molar-refractivity contribution in [2.45, 2.75) is 6.54 Å². The molecule has 5 heteroatoms. The van der Waals surface area contributed by atoms with E-state index in [9.17, 15) is 4.79 Å². The third-order valence-electron chi connectivity index (χ3n) is 2.67. The molecule has 0 aliphatic carbocycles. The molecule has 1 aromatic carbocycles. The van der Waals surface area contributed by atoms with E-state index in [0.717, 1.165) is 11.4 Å². The number of hydrogen-bond donors (Lipinski definition) is 1. The van der Waals surface area contributed by atoms with E-state index < -0.39 is 0 Å². The number of nitrogens with one attached hydrogen (secondary N) is 1. The summed E-state index contributed by atoms with van der Waals surface area (Å²) >= 11 is 0. The molecule has 0 saturated carbocycles. The third kappa shape index (κ3) is 3.28. The first-order valence-corrected chi connectivity index (χ1v) is 5.98. The van der Waals surface area contributed by atoms with Gasteiger partial charge in [0.1, 0.15) is 6.33 Å². The Kier molecular flexibility index (Phi) is 4.07. The van der Waals surface area contributed by atoms with E-state index >= 15 is 0 Å². The monoisotopic (exact) mass is 256 g/mol. The Morgan fingerprint density at radius 2 is 2.05 bits per heavy atom. The van der Waals surface area contributed by atoms with Crippen LogP contribution in [0.25, 0.3) is 0 Å². The van der Waals surface area contributed by atoms with Crippen molar-refractivity contribution in [1.82, 2.24) is 14.9 Å². The maximum atomic E-state index is 12.0. The maximum Gasteiger partial charge on any atom is 0.255 e. The summed E-state index contributed by atoms with van der Waals surface area (Å²) in [7, 11) is 3.48. The molecule has 0 aliphatic rings. The highest BCUT2D eigenvalue weighted by Gasteiger charge is 2.12. The summed E-state index contributed by atoms with van der Waals surface area (Å²) in [6.45, 7) is 0.556. The Balaban J connectivity index is 2.14. The second-order valence-electron chi connectivity index (χ2n) is 4.30. The number of carbonyl (C=O) groups excluding carboxylic acids is 1. The Hall–Kier alpha value is -2.43. The lowest BCUT2D eigenvalue weighted by Crippen LogP contribution is -2.22. The molecular formula is C14H16N4O. The summed E-state index contributed by atoms with van der Waals surface area (Å²) in [5.74, 6) is -0.0224. The number of amides is 1. The van der Waals surface area contributed by atoms with Gasteiger partial charge in [-0.25, -0.2) is 9.97 Å². The largest absolute Gasteiger partial charge is 0.379 e. The molecule has 1 aromatic heterocycles. The highest BCUT2D eigenvalue weighted by molar-refractivity contribution is 5.99. The number of hydrogen-bond acceptors (Lipinski definition) is 4. The van der Waals surface area contributed by atoms with Gasteiger partial charge in [-0.1, -0.05) is 12.1 Å². The van der Waals surface area contributed by atoms with Gasteiger partial charge >= 0.3 is 0 Å². The van der Waals surface area contributed by atoms with Gasteiger partial charge < -0.3 is 10.2 Å². The smallest absolute Gasteiger partial charge is 0.255 e. The van der Waals surface area contributed by atoms with Crippen molar-refractivity contribution in [3.63, 3.8) is 0 Å². The Morgan fingerprint density at radius 3 is 2.74 bits per heavy atom. The minimum Gasteiger partial charge on any atom is -0.379 e. The van der Waals surface area contributed by atoms with Crippen LogP contribution in [0.4, 0.5) is 5.69 Å². The average molecular weight is 256 g/mol. The van der Waals surface area contributed by atoms with Crippen LogP contribution in [-0.4, -0.2) is 34.9 Å². The second kappa shape index (κ2) is 5.95. The Morgan fingerprint density at radius 1 is 1.26 bits per heavy atom. The van der Waals surface area contributed by atoms with Gasteiger partial charge in [-0.15, -0.1) is 0 Å². The minimum absolute atomic E-state index is 0.0224. The first-order chi connectivity index (χ1) is 9.18. The SMILES string of the molecule is CN(C)C(=O)c1ccccc1NCc1ccncn1. The molecular weight excluding hydrogens is 240 g/mol.